The average molecular weight is 359 g/mol. The lowest BCUT2D eigenvalue weighted by Gasteiger charge is -2.03. The molecule has 0 radical (unpaired) electrons. The van der Waals surface area contributed by atoms with Crippen molar-refractivity contribution in [2.24, 2.45) is 28.7 Å². The van der Waals surface area contributed by atoms with Gasteiger partial charge >= 0.3 is 0 Å². The van der Waals surface area contributed by atoms with Crippen LogP contribution >= 0.6 is 0 Å². The second-order valence-electron chi connectivity index (χ2n) is 3.90. The third-order valence-electron chi connectivity index (χ3n) is 1.72. The van der Waals surface area contributed by atoms with E-state index in [0.717, 1.165) is 44.4 Å². The molecule has 0 heterocycles. The largest absolute Gasteiger partial charge is 0.366 e. The van der Waals surface area contributed by atoms with Crippen molar-refractivity contribution in [1.82, 2.24) is 10.6 Å². The summed E-state index contributed by atoms with van der Waals surface area (Å²) in [5, 5.41) is 6.33. The zero-order chi connectivity index (χ0) is 20.5. The molecular formula is C15H33N7O3. The zero-order valence-corrected chi connectivity index (χ0v) is 14.7. The Morgan fingerprint density at radius 1 is 0.640 bits per heavy atom. The van der Waals surface area contributed by atoms with E-state index in [9.17, 15) is 14.4 Å². The van der Waals surface area contributed by atoms with Crippen LogP contribution in [0.15, 0.2) is 38.0 Å². The first-order chi connectivity index (χ1) is 11.7. The van der Waals surface area contributed by atoms with Crippen molar-refractivity contribution in [3.63, 3.8) is 0 Å². The van der Waals surface area contributed by atoms with Crippen LogP contribution in [0.4, 0.5) is 0 Å². The fourth-order valence-electron chi connectivity index (χ4n) is 0.631. The van der Waals surface area contributed by atoms with Crippen LogP contribution in [0.1, 0.15) is 0 Å². The van der Waals surface area contributed by atoms with E-state index in [1.165, 1.54) is 0 Å². The van der Waals surface area contributed by atoms with Gasteiger partial charge in [-0.3, -0.25) is 14.4 Å². The first-order valence-corrected chi connectivity index (χ1v) is 7.30. The number of amides is 3. The Kier molecular flexibility index (Phi) is 35.8. The summed E-state index contributed by atoms with van der Waals surface area (Å²) in [5.41, 5.74) is 24.1. The van der Waals surface area contributed by atoms with Crippen LogP contribution in [-0.2, 0) is 14.4 Å². The molecule has 0 bridgehead atoms. The topological polar surface area (TPSA) is 205 Å². The van der Waals surface area contributed by atoms with E-state index in [2.05, 4.69) is 47.6 Å². The van der Waals surface area contributed by atoms with Crippen LogP contribution in [0.2, 0.25) is 0 Å². The number of carbonyl (C=O) groups excluding carboxylic acids is 3. The monoisotopic (exact) mass is 359 g/mol. The van der Waals surface area contributed by atoms with Gasteiger partial charge in [0.15, 0.2) is 0 Å². The molecule has 0 atom stereocenters. The van der Waals surface area contributed by atoms with E-state index in [-0.39, 0.29) is 0 Å². The van der Waals surface area contributed by atoms with Crippen LogP contribution in [0.3, 0.4) is 0 Å². The summed E-state index contributed by atoms with van der Waals surface area (Å²) in [6, 6.07) is 0. The van der Waals surface area contributed by atoms with Gasteiger partial charge in [-0.25, -0.2) is 0 Å². The van der Waals surface area contributed by atoms with Gasteiger partial charge in [-0.2, -0.15) is 0 Å². The lowest BCUT2D eigenvalue weighted by Crippen LogP contribution is -2.32. The molecule has 10 heteroatoms. The lowest BCUT2D eigenvalue weighted by atomic mass is 10.5. The molecule has 0 fully saturated rings. The highest BCUT2D eigenvalue weighted by Crippen LogP contribution is 1.57. The maximum absolute atomic E-state index is 9.47. The third kappa shape index (κ3) is 74.2. The molecule has 0 aromatic heterocycles. The highest BCUT2D eigenvalue weighted by molar-refractivity contribution is 5.85. The van der Waals surface area contributed by atoms with Gasteiger partial charge in [-0.1, -0.05) is 19.7 Å². The van der Waals surface area contributed by atoms with Gasteiger partial charge in [0.05, 0.1) is 0 Å². The molecule has 0 aliphatic carbocycles. The van der Waals surface area contributed by atoms with Crippen molar-refractivity contribution in [1.29, 1.82) is 0 Å². The Balaban J connectivity index is -0.000000126. The molecule has 146 valence electrons. The van der Waals surface area contributed by atoms with Crippen LogP contribution in [0.25, 0.3) is 0 Å². The molecule has 0 rings (SSSR count). The highest BCUT2D eigenvalue weighted by Gasteiger charge is 1.83. The smallest absolute Gasteiger partial charge is 0.240 e. The maximum Gasteiger partial charge on any atom is 0.240 e. The van der Waals surface area contributed by atoms with Crippen LogP contribution < -0.4 is 39.3 Å². The van der Waals surface area contributed by atoms with E-state index < -0.39 is 17.7 Å². The zero-order valence-electron chi connectivity index (χ0n) is 14.7. The van der Waals surface area contributed by atoms with Crippen molar-refractivity contribution < 1.29 is 14.4 Å². The summed E-state index contributed by atoms with van der Waals surface area (Å²) in [4.78, 5) is 28.4. The van der Waals surface area contributed by atoms with E-state index in [1.807, 2.05) is 0 Å². The summed E-state index contributed by atoms with van der Waals surface area (Å²) >= 11 is 0. The molecule has 0 saturated carbocycles. The SMILES string of the molecule is C=CC(N)=O.C=CC(N)=O.C=CC(N)=O.NCCNCCNCCN. The molecular weight excluding hydrogens is 326 g/mol. The molecule has 12 N–H and O–H groups in total. The van der Waals surface area contributed by atoms with Crippen molar-refractivity contribution in [2.45, 2.75) is 0 Å². The third-order valence-corrected chi connectivity index (χ3v) is 1.72. The normalized spacial score (nSPS) is 7.92. The number of nitrogens with two attached hydrogens (primary N) is 5. The van der Waals surface area contributed by atoms with E-state index >= 15 is 0 Å². The van der Waals surface area contributed by atoms with E-state index in [4.69, 9.17) is 11.5 Å². The summed E-state index contributed by atoms with van der Waals surface area (Å²) in [7, 11) is 0. The standard InChI is InChI=1S/C6H18N4.3C3H5NO/c7-1-3-9-5-6-10-4-2-8;3*1-2-3(4)5/h9-10H,1-8H2;3*2H,1H2,(H2,4,5). The number of nitrogens with one attached hydrogen (secondary N) is 2. The van der Waals surface area contributed by atoms with Crippen LogP contribution in [0, 0.1) is 0 Å². The van der Waals surface area contributed by atoms with Gasteiger partial charge in [0.25, 0.3) is 0 Å². The molecule has 0 spiro atoms. The minimum Gasteiger partial charge on any atom is -0.366 e. The number of hydrogen-bond acceptors (Lipinski definition) is 7. The Morgan fingerprint density at radius 3 is 0.960 bits per heavy atom. The highest BCUT2D eigenvalue weighted by atomic mass is 16.1. The summed E-state index contributed by atoms with van der Waals surface area (Å²) in [6.45, 7) is 14.4. The van der Waals surface area contributed by atoms with Gasteiger partial charge in [0, 0.05) is 39.3 Å². The number of hydrogen-bond donors (Lipinski definition) is 7. The van der Waals surface area contributed by atoms with Gasteiger partial charge in [0.2, 0.25) is 17.7 Å². The predicted molar refractivity (Wildman–Crippen MR) is 102 cm³/mol. The minimum atomic E-state index is -0.481. The summed E-state index contributed by atoms with van der Waals surface area (Å²) in [5.74, 6) is -1.44. The lowest BCUT2D eigenvalue weighted by molar-refractivity contribution is -0.114. The van der Waals surface area contributed by atoms with E-state index in [0.29, 0.717) is 13.1 Å². The van der Waals surface area contributed by atoms with Crippen molar-refractivity contribution in [3.05, 3.63) is 38.0 Å². The van der Waals surface area contributed by atoms with Gasteiger partial charge in [-0.15, -0.1) is 0 Å². The Bertz CT molecular complexity index is 323. The quantitative estimate of drug-likeness (QED) is 0.159. The van der Waals surface area contributed by atoms with Crippen molar-refractivity contribution in [2.75, 3.05) is 39.3 Å². The van der Waals surface area contributed by atoms with Gasteiger partial charge < -0.3 is 39.3 Å². The fraction of sp³-hybridized carbons (Fsp3) is 0.400. The molecule has 0 aliphatic heterocycles. The number of carbonyl (C=O) groups is 3. The Morgan fingerprint density at radius 2 is 0.840 bits per heavy atom. The second-order valence-corrected chi connectivity index (χ2v) is 3.90. The minimum absolute atomic E-state index is 0.481. The molecule has 0 unspecified atom stereocenters. The average Bonchev–Trinajstić information content (AvgIpc) is 2.59. The Hall–Kier alpha value is -2.53. The molecule has 0 aromatic carbocycles. The molecule has 3 amide bonds. The molecule has 0 aliphatic rings. The molecule has 25 heavy (non-hydrogen) atoms. The van der Waals surface area contributed by atoms with E-state index in [1.54, 1.807) is 0 Å². The Labute approximate surface area is 149 Å². The maximum atomic E-state index is 9.47. The van der Waals surface area contributed by atoms with Gasteiger partial charge in [0.1, 0.15) is 0 Å². The summed E-state index contributed by atoms with van der Waals surface area (Å²) < 4.78 is 0. The van der Waals surface area contributed by atoms with Crippen molar-refractivity contribution in [3.8, 4) is 0 Å². The van der Waals surface area contributed by atoms with Crippen LogP contribution in [-0.4, -0.2) is 57.0 Å². The molecule has 0 aromatic rings. The summed E-state index contributed by atoms with van der Waals surface area (Å²) in [6.07, 6.45) is 3.17. The molecule has 0 saturated heterocycles. The molecule has 10 nitrogen and oxygen atoms in total. The first kappa shape index (κ1) is 30.4. The second kappa shape index (κ2) is 29.5. The number of rotatable bonds is 10. The van der Waals surface area contributed by atoms with Gasteiger partial charge in [-0.05, 0) is 18.2 Å². The fourth-order valence-corrected chi connectivity index (χ4v) is 0.631. The number of primary amides is 3. The predicted octanol–water partition coefficient (Wildman–Crippen LogP) is -2.94. The van der Waals surface area contributed by atoms with Crippen LogP contribution in [0.5, 0.6) is 0 Å². The van der Waals surface area contributed by atoms with Crippen molar-refractivity contribution >= 4 is 17.7 Å². The first-order valence-electron chi connectivity index (χ1n) is 7.30.